The smallest absolute Gasteiger partial charge is 0.307 e. The molecule has 0 spiro atoms. The molecule has 2 atom stereocenters. The molecule has 0 bridgehead atoms. The first-order valence-electron chi connectivity index (χ1n) is 7.82. The van der Waals surface area contributed by atoms with Crippen molar-refractivity contribution in [2.75, 3.05) is 6.54 Å². The van der Waals surface area contributed by atoms with Gasteiger partial charge < -0.3 is 10.4 Å². The van der Waals surface area contributed by atoms with Crippen molar-refractivity contribution in [3.63, 3.8) is 0 Å². The molecule has 0 unspecified atom stereocenters. The Kier molecular flexibility index (Phi) is 8.00. The van der Waals surface area contributed by atoms with Crippen LogP contribution in [-0.4, -0.2) is 23.5 Å². The van der Waals surface area contributed by atoms with Crippen molar-refractivity contribution in [1.29, 1.82) is 0 Å². The summed E-state index contributed by atoms with van der Waals surface area (Å²) in [6.45, 7) is 2.86. The lowest BCUT2D eigenvalue weighted by Crippen LogP contribution is -2.39. The van der Waals surface area contributed by atoms with Crippen LogP contribution in [0.5, 0.6) is 0 Å². The highest BCUT2D eigenvalue weighted by Gasteiger charge is 2.33. The van der Waals surface area contributed by atoms with E-state index in [0.717, 1.165) is 12.8 Å². The van der Waals surface area contributed by atoms with Crippen LogP contribution >= 0.6 is 0 Å². The van der Waals surface area contributed by atoms with Gasteiger partial charge in [-0.3, -0.25) is 9.59 Å². The van der Waals surface area contributed by atoms with Crippen molar-refractivity contribution < 1.29 is 14.7 Å². The van der Waals surface area contributed by atoms with Gasteiger partial charge in [-0.1, -0.05) is 51.2 Å². The average Bonchev–Trinajstić information content (AvgIpc) is 2.46. The predicted octanol–water partition coefficient (Wildman–Crippen LogP) is 3.13. The number of hydrogen-bond donors (Lipinski definition) is 2. The van der Waals surface area contributed by atoms with Crippen LogP contribution in [-0.2, 0) is 9.59 Å². The van der Waals surface area contributed by atoms with Crippen molar-refractivity contribution in [3.05, 3.63) is 12.2 Å². The van der Waals surface area contributed by atoms with Gasteiger partial charge in [-0.25, -0.2) is 0 Å². The molecule has 0 aromatic rings. The van der Waals surface area contributed by atoms with Gasteiger partial charge in [-0.2, -0.15) is 0 Å². The largest absolute Gasteiger partial charge is 0.481 e. The van der Waals surface area contributed by atoms with Crippen LogP contribution in [0.1, 0.15) is 58.3 Å². The molecule has 4 heteroatoms. The first kappa shape index (κ1) is 16.7. The zero-order valence-corrected chi connectivity index (χ0v) is 12.4. The van der Waals surface area contributed by atoms with E-state index in [4.69, 9.17) is 5.11 Å². The second-order valence-electron chi connectivity index (χ2n) is 5.55. The Morgan fingerprint density at radius 2 is 1.65 bits per heavy atom. The summed E-state index contributed by atoms with van der Waals surface area (Å²) < 4.78 is 0. The number of carboxylic acids is 1. The molecule has 1 aliphatic rings. The Hall–Kier alpha value is -1.32. The number of allylic oxidation sites excluding steroid dienone is 2. The van der Waals surface area contributed by atoms with Crippen LogP contribution < -0.4 is 5.32 Å². The Labute approximate surface area is 121 Å². The van der Waals surface area contributed by atoms with Gasteiger partial charge in [0.1, 0.15) is 0 Å². The number of carboxylic acid groups (broad SMARTS) is 1. The summed E-state index contributed by atoms with van der Waals surface area (Å²) in [4.78, 5) is 23.2. The zero-order chi connectivity index (χ0) is 14.8. The summed E-state index contributed by atoms with van der Waals surface area (Å²) in [7, 11) is 0. The molecule has 114 valence electrons. The third kappa shape index (κ3) is 5.76. The molecule has 2 N–H and O–H groups in total. The van der Waals surface area contributed by atoms with E-state index >= 15 is 0 Å². The van der Waals surface area contributed by atoms with Crippen LogP contribution in [0.2, 0.25) is 0 Å². The number of aliphatic carboxylic acids is 1. The van der Waals surface area contributed by atoms with E-state index < -0.39 is 17.8 Å². The second-order valence-corrected chi connectivity index (χ2v) is 5.55. The molecule has 0 heterocycles. The van der Waals surface area contributed by atoms with E-state index in [1.165, 1.54) is 25.7 Å². The van der Waals surface area contributed by atoms with E-state index in [1.807, 2.05) is 12.2 Å². The number of nitrogens with one attached hydrogen (secondary N) is 1. The lowest BCUT2D eigenvalue weighted by molar-refractivity contribution is -0.147. The molecule has 1 rings (SSSR count). The Balaban J connectivity index is 2.21. The molecule has 0 saturated carbocycles. The normalized spacial score (nSPS) is 21.6. The summed E-state index contributed by atoms with van der Waals surface area (Å²) >= 11 is 0. The van der Waals surface area contributed by atoms with E-state index in [1.54, 1.807) is 0 Å². The standard InChI is InChI=1S/C16H27NO3/c1-2-3-4-5-6-9-12-17-15(18)13-10-7-8-11-14(13)16(19)20/h7-8,13-14H,2-6,9-12H2,1H3,(H,17,18)(H,19,20)/t13-,14+/m1/s1. The topological polar surface area (TPSA) is 66.4 Å². The minimum Gasteiger partial charge on any atom is -0.481 e. The van der Waals surface area contributed by atoms with E-state index in [2.05, 4.69) is 12.2 Å². The summed E-state index contributed by atoms with van der Waals surface area (Å²) in [6, 6.07) is 0. The molecule has 1 aliphatic carbocycles. The van der Waals surface area contributed by atoms with Crippen LogP contribution in [0.4, 0.5) is 0 Å². The third-order valence-electron chi connectivity index (χ3n) is 3.92. The van der Waals surface area contributed by atoms with Gasteiger partial charge >= 0.3 is 5.97 Å². The molecule has 4 nitrogen and oxygen atoms in total. The first-order valence-corrected chi connectivity index (χ1v) is 7.82. The highest BCUT2D eigenvalue weighted by atomic mass is 16.4. The van der Waals surface area contributed by atoms with Gasteiger partial charge in [0.25, 0.3) is 0 Å². The first-order chi connectivity index (χ1) is 9.66. The van der Waals surface area contributed by atoms with Gasteiger partial charge in [0.15, 0.2) is 0 Å². The number of hydrogen-bond acceptors (Lipinski definition) is 2. The molecule has 0 aromatic carbocycles. The molecule has 0 aliphatic heterocycles. The van der Waals surface area contributed by atoms with Crippen LogP contribution in [0.3, 0.4) is 0 Å². The van der Waals surface area contributed by atoms with Crippen LogP contribution in [0.25, 0.3) is 0 Å². The predicted molar refractivity (Wildman–Crippen MR) is 79.4 cm³/mol. The highest BCUT2D eigenvalue weighted by molar-refractivity contribution is 5.85. The van der Waals surface area contributed by atoms with E-state index in [9.17, 15) is 9.59 Å². The van der Waals surface area contributed by atoms with Gasteiger partial charge in [0.2, 0.25) is 5.91 Å². The van der Waals surface area contributed by atoms with Gasteiger partial charge in [0.05, 0.1) is 11.8 Å². The molecular weight excluding hydrogens is 254 g/mol. The average molecular weight is 281 g/mol. The molecule has 0 fully saturated rings. The van der Waals surface area contributed by atoms with Gasteiger partial charge in [0, 0.05) is 6.54 Å². The summed E-state index contributed by atoms with van der Waals surface area (Å²) in [5, 5.41) is 12.0. The van der Waals surface area contributed by atoms with Crippen molar-refractivity contribution in [1.82, 2.24) is 5.32 Å². The third-order valence-corrected chi connectivity index (χ3v) is 3.92. The quantitative estimate of drug-likeness (QED) is 0.504. The minimum absolute atomic E-state index is 0.102. The van der Waals surface area contributed by atoms with Crippen molar-refractivity contribution >= 4 is 11.9 Å². The zero-order valence-electron chi connectivity index (χ0n) is 12.4. The fourth-order valence-corrected chi connectivity index (χ4v) is 2.62. The molecule has 20 heavy (non-hydrogen) atoms. The molecule has 1 amide bonds. The minimum atomic E-state index is -0.867. The summed E-state index contributed by atoms with van der Waals surface area (Å²) in [6.07, 6.45) is 11.9. The lowest BCUT2D eigenvalue weighted by Gasteiger charge is -2.24. The summed E-state index contributed by atoms with van der Waals surface area (Å²) in [5.41, 5.74) is 0. The SMILES string of the molecule is CCCCCCCCNC(=O)[C@@H]1CC=CC[C@@H]1C(=O)O. The number of carbonyl (C=O) groups excluding carboxylic acids is 1. The van der Waals surface area contributed by atoms with Crippen molar-refractivity contribution in [2.24, 2.45) is 11.8 Å². The number of carbonyl (C=O) groups is 2. The number of amides is 1. The number of rotatable bonds is 9. The highest BCUT2D eigenvalue weighted by Crippen LogP contribution is 2.25. The molecule has 0 saturated heterocycles. The lowest BCUT2D eigenvalue weighted by atomic mass is 9.82. The maximum absolute atomic E-state index is 12.0. The van der Waals surface area contributed by atoms with Crippen molar-refractivity contribution in [2.45, 2.75) is 58.3 Å². The maximum atomic E-state index is 12.0. The monoisotopic (exact) mass is 281 g/mol. The van der Waals surface area contributed by atoms with Crippen LogP contribution in [0.15, 0.2) is 12.2 Å². The fourth-order valence-electron chi connectivity index (χ4n) is 2.62. The van der Waals surface area contributed by atoms with E-state index in [-0.39, 0.29) is 5.91 Å². The maximum Gasteiger partial charge on any atom is 0.307 e. The fraction of sp³-hybridized carbons (Fsp3) is 0.750. The summed E-state index contributed by atoms with van der Waals surface area (Å²) in [5.74, 6) is -1.94. The Morgan fingerprint density at radius 3 is 2.30 bits per heavy atom. The van der Waals surface area contributed by atoms with E-state index in [0.29, 0.717) is 19.4 Å². The van der Waals surface area contributed by atoms with Crippen LogP contribution in [0, 0.1) is 11.8 Å². The van der Waals surface area contributed by atoms with Gasteiger partial charge in [-0.15, -0.1) is 0 Å². The molecular formula is C16H27NO3. The molecule has 0 radical (unpaired) electrons. The Bertz CT molecular complexity index is 339. The Morgan fingerprint density at radius 1 is 1.05 bits per heavy atom. The van der Waals surface area contributed by atoms with Crippen molar-refractivity contribution in [3.8, 4) is 0 Å². The molecule has 0 aromatic heterocycles. The van der Waals surface area contributed by atoms with Gasteiger partial charge in [-0.05, 0) is 19.3 Å². The number of unbranched alkanes of at least 4 members (excludes halogenated alkanes) is 5. The second kappa shape index (κ2) is 9.56.